The molecule has 4 nitrogen and oxygen atoms in total. The minimum atomic E-state index is -0.783. The van der Waals surface area contributed by atoms with E-state index in [9.17, 15) is 10.2 Å². The molecule has 0 unspecified atom stereocenters. The van der Waals surface area contributed by atoms with Gasteiger partial charge in [0.05, 0.1) is 18.8 Å². The predicted octanol–water partition coefficient (Wildman–Crippen LogP) is 0.559. The van der Waals surface area contributed by atoms with Gasteiger partial charge in [0.15, 0.2) is 0 Å². The van der Waals surface area contributed by atoms with E-state index in [2.05, 4.69) is 0 Å². The molecule has 16 heavy (non-hydrogen) atoms. The first kappa shape index (κ1) is 13.0. The maximum atomic E-state index is 9.49. The van der Waals surface area contributed by atoms with Crippen LogP contribution in [-0.4, -0.2) is 32.6 Å². The van der Waals surface area contributed by atoms with Crippen molar-refractivity contribution in [2.45, 2.75) is 38.6 Å². The number of aliphatic hydroxyl groups excluding tert-OH is 3. The second-order valence-electron chi connectivity index (χ2n) is 3.92. The lowest BCUT2D eigenvalue weighted by atomic mass is 9.99. The van der Waals surface area contributed by atoms with E-state index >= 15 is 0 Å². The number of hydrogen-bond acceptors (Lipinski definition) is 4. The Hall–Kier alpha value is -1.10. The quantitative estimate of drug-likeness (QED) is 0.591. The molecule has 0 aliphatic heterocycles. The average molecular weight is 226 g/mol. The second-order valence-corrected chi connectivity index (χ2v) is 3.92. The highest BCUT2D eigenvalue weighted by Crippen LogP contribution is 2.22. The fourth-order valence-electron chi connectivity index (χ4n) is 1.58. The normalized spacial score (nSPS) is 14.8. The van der Waals surface area contributed by atoms with Crippen LogP contribution in [-0.2, 0) is 13.0 Å². The summed E-state index contributed by atoms with van der Waals surface area (Å²) in [5.74, 6) is 0.0616. The van der Waals surface area contributed by atoms with Crippen LogP contribution in [0.25, 0.3) is 0 Å². The number of aliphatic hydroxyl groups is 3. The van der Waals surface area contributed by atoms with Crippen molar-refractivity contribution in [2.24, 2.45) is 0 Å². The zero-order valence-corrected chi connectivity index (χ0v) is 9.30. The van der Waals surface area contributed by atoms with Gasteiger partial charge in [0.2, 0.25) is 0 Å². The molecular formula is C12H18O4. The third kappa shape index (κ3) is 3.20. The maximum Gasteiger partial charge on any atom is 0.121 e. The highest BCUT2D eigenvalue weighted by atomic mass is 16.3. The van der Waals surface area contributed by atoms with E-state index in [1.165, 1.54) is 13.0 Å². The highest BCUT2D eigenvalue weighted by Gasteiger charge is 2.13. The van der Waals surface area contributed by atoms with Crippen molar-refractivity contribution in [1.82, 2.24) is 0 Å². The van der Waals surface area contributed by atoms with Gasteiger partial charge in [-0.1, -0.05) is 12.1 Å². The van der Waals surface area contributed by atoms with Gasteiger partial charge in [0.1, 0.15) is 5.75 Å². The monoisotopic (exact) mass is 226 g/mol. The second kappa shape index (κ2) is 5.84. The van der Waals surface area contributed by atoms with Crippen LogP contribution in [0.2, 0.25) is 0 Å². The summed E-state index contributed by atoms with van der Waals surface area (Å²) < 4.78 is 0. The molecule has 0 aliphatic carbocycles. The van der Waals surface area contributed by atoms with Gasteiger partial charge in [-0.25, -0.2) is 0 Å². The predicted molar refractivity (Wildman–Crippen MR) is 60.0 cm³/mol. The molecule has 0 spiro atoms. The molecule has 0 amide bonds. The van der Waals surface area contributed by atoms with E-state index in [-0.39, 0.29) is 12.4 Å². The summed E-state index contributed by atoms with van der Waals surface area (Å²) >= 11 is 0. The summed E-state index contributed by atoms with van der Waals surface area (Å²) in [5, 5.41) is 37.2. The van der Waals surface area contributed by atoms with Gasteiger partial charge in [-0.15, -0.1) is 0 Å². The molecule has 90 valence electrons. The van der Waals surface area contributed by atoms with Crippen LogP contribution < -0.4 is 0 Å². The Kier molecular flexibility index (Phi) is 4.73. The van der Waals surface area contributed by atoms with Gasteiger partial charge in [0, 0.05) is 5.56 Å². The lowest BCUT2D eigenvalue weighted by Crippen LogP contribution is -2.23. The molecule has 0 saturated heterocycles. The van der Waals surface area contributed by atoms with Crippen LogP contribution in [0.4, 0.5) is 0 Å². The summed E-state index contributed by atoms with van der Waals surface area (Å²) in [6, 6.07) is 5.00. The molecule has 1 aromatic rings. The van der Waals surface area contributed by atoms with E-state index in [0.29, 0.717) is 18.4 Å². The van der Waals surface area contributed by atoms with Gasteiger partial charge in [-0.3, -0.25) is 0 Å². The molecular weight excluding hydrogens is 208 g/mol. The largest absolute Gasteiger partial charge is 0.508 e. The molecule has 1 rings (SSSR count). The van der Waals surface area contributed by atoms with Crippen LogP contribution in [0.3, 0.4) is 0 Å². The van der Waals surface area contributed by atoms with Crippen LogP contribution >= 0.6 is 0 Å². The third-order valence-corrected chi connectivity index (χ3v) is 2.67. The fraction of sp³-hybridized carbons (Fsp3) is 0.500. The Morgan fingerprint density at radius 2 is 1.94 bits per heavy atom. The number of phenols is 1. The lowest BCUT2D eigenvalue weighted by molar-refractivity contribution is 0.0264. The van der Waals surface area contributed by atoms with Gasteiger partial charge in [0.25, 0.3) is 0 Å². The zero-order chi connectivity index (χ0) is 12.1. The molecule has 4 N–H and O–H groups in total. The molecule has 4 heteroatoms. The number of aryl methyl sites for hydroxylation is 1. The van der Waals surface area contributed by atoms with E-state index < -0.39 is 12.2 Å². The number of aromatic hydroxyl groups is 1. The van der Waals surface area contributed by atoms with Crippen LogP contribution in [0, 0.1) is 0 Å². The summed E-state index contributed by atoms with van der Waals surface area (Å²) in [7, 11) is 0. The Labute approximate surface area is 94.8 Å². The van der Waals surface area contributed by atoms with Gasteiger partial charge >= 0.3 is 0 Å². The fourth-order valence-corrected chi connectivity index (χ4v) is 1.58. The van der Waals surface area contributed by atoms with Gasteiger partial charge in [-0.2, -0.15) is 0 Å². The number of benzene rings is 1. The molecule has 0 radical (unpaired) electrons. The molecule has 0 bridgehead atoms. The Balaban J connectivity index is 2.70. The van der Waals surface area contributed by atoms with Crippen molar-refractivity contribution in [1.29, 1.82) is 0 Å². The average Bonchev–Trinajstić information content (AvgIpc) is 2.25. The van der Waals surface area contributed by atoms with Gasteiger partial charge < -0.3 is 20.4 Å². The van der Waals surface area contributed by atoms with Crippen LogP contribution in [0.15, 0.2) is 18.2 Å². The van der Waals surface area contributed by atoms with Crippen molar-refractivity contribution in [3.05, 3.63) is 29.3 Å². The van der Waals surface area contributed by atoms with E-state index in [0.717, 1.165) is 5.56 Å². The van der Waals surface area contributed by atoms with Crippen molar-refractivity contribution in [3.8, 4) is 5.75 Å². The lowest BCUT2D eigenvalue weighted by Gasteiger charge is -2.15. The third-order valence-electron chi connectivity index (χ3n) is 2.67. The van der Waals surface area contributed by atoms with E-state index in [4.69, 9.17) is 10.2 Å². The molecule has 0 heterocycles. The van der Waals surface area contributed by atoms with Crippen LogP contribution in [0.1, 0.15) is 24.5 Å². The molecule has 0 saturated carbocycles. The van der Waals surface area contributed by atoms with Crippen molar-refractivity contribution < 1.29 is 20.4 Å². The zero-order valence-electron chi connectivity index (χ0n) is 9.30. The van der Waals surface area contributed by atoms with E-state index in [1.54, 1.807) is 12.1 Å². The Bertz CT molecular complexity index is 336. The van der Waals surface area contributed by atoms with Crippen LogP contribution in [0.5, 0.6) is 5.75 Å². The number of rotatable bonds is 5. The standard InChI is InChI=1S/C12H18O4/c1-8(14)11(15)6-5-9-3-2-4-12(16)10(9)7-13/h2-4,8,11,13-16H,5-7H2,1H3/t8-,11+/m0/s1. The first-order chi connectivity index (χ1) is 7.56. The van der Waals surface area contributed by atoms with Crippen molar-refractivity contribution in [3.63, 3.8) is 0 Å². The van der Waals surface area contributed by atoms with E-state index in [1.807, 2.05) is 0 Å². The summed E-state index contributed by atoms with van der Waals surface area (Å²) in [4.78, 5) is 0. The Morgan fingerprint density at radius 1 is 1.25 bits per heavy atom. The molecule has 1 aromatic carbocycles. The first-order valence-corrected chi connectivity index (χ1v) is 5.33. The summed E-state index contributed by atoms with van der Waals surface area (Å²) in [5.41, 5.74) is 1.28. The Morgan fingerprint density at radius 3 is 2.50 bits per heavy atom. The molecule has 0 aliphatic rings. The highest BCUT2D eigenvalue weighted by molar-refractivity contribution is 5.38. The first-order valence-electron chi connectivity index (χ1n) is 5.33. The van der Waals surface area contributed by atoms with Crippen molar-refractivity contribution >= 4 is 0 Å². The topological polar surface area (TPSA) is 80.9 Å². The smallest absolute Gasteiger partial charge is 0.121 e. The summed E-state index contributed by atoms with van der Waals surface area (Å²) in [6.45, 7) is 1.30. The maximum absolute atomic E-state index is 9.49. The molecule has 0 aromatic heterocycles. The number of hydrogen-bond donors (Lipinski definition) is 4. The van der Waals surface area contributed by atoms with Gasteiger partial charge in [-0.05, 0) is 31.4 Å². The molecule has 2 atom stereocenters. The minimum absolute atomic E-state index is 0.0616. The van der Waals surface area contributed by atoms with Crippen molar-refractivity contribution in [2.75, 3.05) is 0 Å². The molecule has 0 fully saturated rings. The SMILES string of the molecule is C[C@H](O)[C@H](O)CCc1cccc(O)c1CO. The summed E-state index contributed by atoms with van der Waals surface area (Å²) in [6.07, 6.45) is -0.645. The minimum Gasteiger partial charge on any atom is -0.508 e.